The van der Waals surface area contributed by atoms with Crippen molar-refractivity contribution in [3.63, 3.8) is 0 Å². The average molecular weight is 439 g/mol. The SMILES string of the molecule is CCCCn1c(N)c(N(CC)CC(=O)Nc2ccc(Cl)c([N+](=O)[O-])c2)c(=O)[nH]c1=O. The molecule has 12 heteroatoms. The van der Waals surface area contributed by atoms with Crippen LogP contribution in [-0.4, -0.2) is 33.5 Å². The van der Waals surface area contributed by atoms with Gasteiger partial charge in [0.05, 0.1) is 11.5 Å². The van der Waals surface area contributed by atoms with E-state index in [1.165, 1.54) is 21.6 Å². The summed E-state index contributed by atoms with van der Waals surface area (Å²) in [6, 6.07) is 3.87. The molecule has 0 aliphatic carbocycles. The quantitative estimate of drug-likeness (QED) is 0.398. The fraction of sp³-hybridized carbons (Fsp3) is 0.389. The molecule has 0 fully saturated rings. The van der Waals surface area contributed by atoms with E-state index >= 15 is 0 Å². The first-order chi connectivity index (χ1) is 14.2. The first-order valence-corrected chi connectivity index (χ1v) is 9.68. The number of nitrogens with one attached hydrogen (secondary N) is 2. The second-order valence-corrected chi connectivity index (χ2v) is 6.89. The van der Waals surface area contributed by atoms with Gasteiger partial charge in [-0.2, -0.15) is 0 Å². The van der Waals surface area contributed by atoms with Gasteiger partial charge in [0.1, 0.15) is 16.5 Å². The van der Waals surface area contributed by atoms with E-state index in [-0.39, 0.29) is 41.0 Å². The zero-order chi connectivity index (χ0) is 22.4. The van der Waals surface area contributed by atoms with Crippen molar-refractivity contribution in [2.24, 2.45) is 0 Å². The molecule has 1 amide bonds. The van der Waals surface area contributed by atoms with Crippen molar-refractivity contribution < 1.29 is 9.72 Å². The Hall–Kier alpha value is -3.34. The van der Waals surface area contributed by atoms with Gasteiger partial charge in [0.15, 0.2) is 0 Å². The summed E-state index contributed by atoms with van der Waals surface area (Å²) in [5, 5.41) is 13.5. The fourth-order valence-electron chi connectivity index (χ4n) is 2.87. The number of carbonyl (C=O) groups excluding carboxylic acids is 1. The lowest BCUT2D eigenvalue weighted by molar-refractivity contribution is -0.384. The highest BCUT2D eigenvalue weighted by molar-refractivity contribution is 6.32. The van der Waals surface area contributed by atoms with Gasteiger partial charge < -0.3 is 16.0 Å². The number of amides is 1. The number of halogens is 1. The molecule has 1 aromatic heterocycles. The largest absolute Gasteiger partial charge is 0.383 e. The van der Waals surface area contributed by atoms with Crippen molar-refractivity contribution in [2.75, 3.05) is 29.0 Å². The van der Waals surface area contributed by atoms with Gasteiger partial charge in [-0.1, -0.05) is 24.9 Å². The van der Waals surface area contributed by atoms with Crippen LogP contribution in [0.5, 0.6) is 0 Å². The molecule has 162 valence electrons. The third-order valence-electron chi connectivity index (χ3n) is 4.41. The molecule has 0 saturated carbocycles. The molecule has 0 unspecified atom stereocenters. The van der Waals surface area contributed by atoms with Gasteiger partial charge in [0.25, 0.3) is 11.2 Å². The maximum Gasteiger partial charge on any atom is 0.330 e. The number of nitrogen functional groups attached to an aromatic ring is 1. The Morgan fingerprint density at radius 3 is 2.67 bits per heavy atom. The fourth-order valence-corrected chi connectivity index (χ4v) is 3.06. The van der Waals surface area contributed by atoms with E-state index < -0.39 is 22.1 Å². The van der Waals surface area contributed by atoms with Gasteiger partial charge in [-0.3, -0.25) is 29.3 Å². The number of rotatable bonds is 9. The summed E-state index contributed by atoms with van der Waals surface area (Å²) in [5.74, 6) is -0.549. The van der Waals surface area contributed by atoms with E-state index in [9.17, 15) is 24.5 Å². The Labute approximate surface area is 176 Å². The van der Waals surface area contributed by atoms with Crippen LogP contribution in [0.2, 0.25) is 5.02 Å². The van der Waals surface area contributed by atoms with Gasteiger partial charge in [-0.05, 0) is 25.5 Å². The van der Waals surface area contributed by atoms with Gasteiger partial charge in [-0.25, -0.2) is 4.79 Å². The molecule has 0 saturated heterocycles. The second kappa shape index (κ2) is 9.92. The van der Waals surface area contributed by atoms with Crippen molar-refractivity contribution in [3.05, 3.63) is 54.2 Å². The second-order valence-electron chi connectivity index (χ2n) is 6.48. The van der Waals surface area contributed by atoms with E-state index in [2.05, 4.69) is 10.3 Å². The Bertz CT molecular complexity index is 1060. The first-order valence-electron chi connectivity index (χ1n) is 9.30. The lowest BCUT2D eigenvalue weighted by Crippen LogP contribution is -2.41. The minimum absolute atomic E-state index is 0.0189. The lowest BCUT2D eigenvalue weighted by atomic mass is 10.2. The molecule has 0 spiro atoms. The highest BCUT2D eigenvalue weighted by Crippen LogP contribution is 2.27. The summed E-state index contributed by atoms with van der Waals surface area (Å²) in [6.45, 7) is 4.02. The van der Waals surface area contributed by atoms with Crippen LogP contribution in [-0.2, 0) is 11.3 Å². The highest BCUT2D eigenvalue weighted by atomic mass is 35.5. The Morgan fingerprint density at radius 2 is 2.07 bits per heavy atom. The first kappa shape index (κ1) is 22.9. The molecule has 2 aromatic rings. The minimum Gasteiger partial charge on any atom is -0.383 e. The number of anilines is 3. The van der Waals surface area contributed by atoms with E-state index in [0.717, 1.165) is 12.5 Å². The zero-order valence-corrected chi connectivity index (χ0v) is 17.4. The van der Waals surface area contributed by atoms with Crippen molar-refractivity contribution in [1.29, 1.82) is 0 Å². The van der Waals surface area contributed by atoms with Crippen molar-refractivity contribution in [3.8, 4) is 0 Å². The van der Waals surface area contributed by atoms with Gasteiger partial charge >= 0.3 is 5.69 Å². The molecule has 0 aliphatic rings. The third-order valence-corrected chi connectivity index (χ3v) is 4.73. The summed E-state index contributed by atoms with van der Waals surface area (Å²) in [4.78, 5) is 50.9. The average Bonchev–Trinajstić information content (AvgIpc) is 2.68. The predicted octanol–water partition coefficient (Wildman–Crippen LogP) is 1.95. The molecule has 0 aliphatic heterocycles. The van der Waals surface area contributed by atoms with E-state index in [1.807, 2.05) is 6.92 Å². The number of hydrogen-bond acceptors (Lipinski definition) is 7. The van der Waals surface area contributed by atoms with Crippen LogP contribution in [0.1, 0.15) is 26.7 Å². The van der Waals surface area contributed by atoms with E-state index in [1.54, 1.807) is 6.92 Å². The number of nitrogens with zero attached hydrogens (tertiary/aromatic N) is 3. The summed E-state index contributed by atoms with van der Waals surface area (Å²) >= 11 is 5.77. The number of hydrogen-bond donors (Lipinski definition) is 3. The number of benzene rings is 1. The molecule has 4 N–H and O–H groups in total. The normalized spacial score (nSPS) is 10.6. The van der Waals surface area contributed by atoms with Crippen LogP contribution >= 0.6 is 11.6 Å². The summed E-state index contributed by atoms with van der Waals surface area (Å²) in [5.41, 5.74) is 4.64. The van der Waals surface area contributed by atoms with Gasteiger partial charge in [0.2, 0.25) is 5.91 Å². The number of carbonyl (C=O) groups is 1. The summed E-state index contributed by atoms with van der Waals surface area (Å²) in [6.07, 6.45) is 1.52. The molecule has 30 heavy (non-hydrogen) atoms. The molecule has 0 atom stereocenters. The molecule has 0 bridgehead atoms. The molecule has 1 heterocycles. The number of likely N-dealkylation sites (N-methyl/N-ethyl adjacent to an activating group) is 1. The maximum absolute atomic E-state index is 12.5. The highest BCUT2D eigenvalue weighted by Gasteiger charge is 2.20. The Balaban J connectivity index is 2.28. The molecule has 11 nitrogen and oxygen atoms in total. The molecule has 1 aromatic carbocycles. The minimum atomic E-state index is -0.693. The Kier molecular flexibility index (Phi) is 7.59. The van der Waals surface area contributed by atoms with Crippen LogP contribution in [0.4, 0.5) is 22.9 Å². The van der Waals surface area contributed by atoms with Crippen molar-refractivity contribution >= 4 is 40.4 Å². The van der Waals surface area contributed by atoms with Gasteiger partial charge in [-0.15, -0.1) is 0 Å². The van der Waals surface area contributed by atoms with Crippen LogP contribution in [0.15, 0.2) is 27.8 Å². The van der Waals surface area contributed by atoms with E-state index in [4.69, 9.17) is 17.3 Å². The number of H-pyrrole nitrogens is 1. The van der Waals surface area contributed by atoms with Crippen LogP contribution in [0.3, 0.4) is 0 Å². The van der Waals surface area contributed by atoms with Crippen LogP contribution < -0.4 is 27.2 Å². The van der Waals surface area contributed by atoms with Gasteiger partial charge in [0, 0.05) is 24.8 Å². The topological polar surface area (TPSA) is 156 Å². The molecular weight excluding hydrogens is 416 g/mol. The number of nitro benzene ring substituents is 1. The monoisotopic (exact) mass is 438 g/mol. The standard InChI is InChI=1S/C18H23ClN6O5/c1-3-5-8-24-16(20)15(17(27)22-18(24)28)23(4-2)10-14(26)21-11-6-7-12(19)13(9-11)25(29)30/h6-7,9H,3-5,8,10,20H2,1-2H3,(H,21,26)(H,22,27,28). The molecule has 0 radical (unpaired) electrons. The van der Waals surface area contributed by atoms with Crippen LogP contribution in [0, 0.1) is 10.1 Å². The number of unbranched alkanes of at least 4 members (excludes halogenated alkanes) is 1. The third kappa shape index (κ3) is 5.17. The number of nitrogens with two attached hydrogens (primary N) is 1. The Morgan fingerprint density at radius 1 is 1.37 bits per heavy atom. The van der Waals surface area contributed by atoms with E-state index in [0.29, 0.717) is 13.0 Å². The molecular formula is C18H23ClN6O5. The zero-order valence-electron chi connectivity index (χ0n) is 16.6. The van der Waals surface area contributed by atoms with Crippen molar-refractivity contribution in [1.82, 2.24) is 9.55 Å². The number of nitro groups is 1. The summed E-state index contributed by atoms with van der Waals surface area (Å²) < 4.78 is 1.27. The molecule has 2 rings (SSSR count). The predicted molar refractivity (Wildman–Crippen MR) is 115 cm³/mol. The van der Waals surface area contributed by atoms with Crippen molar-refractivity contribution in [2.45, 2.75) is 33.2 Å². The maximum atomic E-state index is 12.5. The summed E-state index contributed by atoms with van der Waals surface area (Å²) in [7, 11) is 0. The van der Waals surface area contributed by atoms with Crippen LogP contribution in [0.25, 0.3) is 0 Å². The smallest absolute Gasteiger partial charge is 0.330 e. The lowest BCUT2D eigenvalue weighted by Gasteiger charge is -2.24. The number of aromatic amines is 1. The number of aromatic nitrogens is 2.